The zero-order valence-electron chi connectivity index (χ0n) is 17.4. The Balaban J connectivity index is 1.49. The lowest BCUT2D eigenvalue weighted by Gasteiger charge is -2.22. The van der Waals surface area contributed by atoms with Crippen LogP contribution < -0.4 is 4.74 Å². The van der Waals surface area contributed by atoms with Gasteiger partial charge in [0.15, 0.2) is 5.60 Å². The molecule has 1 unspecified atom stereocenters. The lowest BCUT2D eigenvalue weighted by molar-refractivity contribution is -0.159. The number of aliphatic carboxylic acids is 1. The van der Waals surface area contributed by atoms with Gasteiger partial charge in [0, 0.05) is 31.4 Å². The minimum Gasteiger partial charge on any atom is -0.479 e. The molecular formula is C23H26N2O5. The van der Waals surface area contributed by atoms with E-state index in [9.17, 15) is 9.90 Å². The number of hydrogen-bond donors (Lipinski definition) is 1. The predicted molar refractivity (Wildman–Crippen MR) is 111 cm³/mol. The van der Waals surface area contributed by atoms with Crippen LogP contribution in [0.3, 0.4) is 0 Å². The van der Waals surface area contributed by atoms with E-state index in [4.69, 9.17) is 13.9 Å². The number of aryl methyl sites for hydroxylation is 2. The van der Waals surface area contributed by atoms with E-state index in [1.54, 1.807) is 18.3 Å². The Hall–Kier alpha value is -3.19. The molecule has 7 heteroatoms. The molecule has 158 valence electrons. The van der Waals surface area contributed by atoms with Gasteiger partial charge in [0.1, 0.15) is 5.76 Å². The molecule has 2 heterocycles. The zero-order valence-corrected chi connectivity index (χ0v) is 17.4. The number of ether oxygens (including phenoxy) is 2. The van der Waals surface area contributed by atoms with Gasteiger partial charge in [-0.3, -0.25) is 0 Å². The van der Waals surface area contributed by atoms with Gasteiger partial charge in [-0.05, 0) is 44.4 Å². The Morgan fingerprint density at radius 1 is 1.20 bits per heavy atom. The fourth-order valence-corrected chi connectivity index (χ4v) is 3.01. The molecule has 1 atom stereocenters. The van der Waals surface area contributed by atoms with Crippen molar-refractivity contribution in [3.05, 3.63) is 65.7 Å². The Morgan fingerprint density at radius 2 is 1.97 bits per heavy atom. The van der Waals surface area contributed by atoms with Crippen molar-refractivity contribution in [2.45, 2.75) is 38.7 Å². The van der Waals surface area contributed by atoms with Gasteiger partial charge in [-0.2, -0.15) is 0 Å². The number of carbonyl (C=O) groups is 1. The summed E-state index contributed by atoms with van der Waals surface area (Å²) in [5.41, 5.74) is 1.37. The highest BCUT2D eigenvalue weighted by molar-refractivity contribution is 5.77. The van der Waals surface area contributed by atoms with Crippen molar-refractivity contribution in [2.75, 3.05) is 13.7 Å². The van der Waals surface area contributed by atoms with Gasteiger partial charge in [-0.15, -0.1) is 0 Å². The van der Waals surface area contributed by atoms with Crippen LogP contribution in [0.25, 0.3) is 11.5 Å². The van der Waals surface area contributed by atoms with Crippen molar-refractivity contribution in [3.8, 4) is 17.3 Å². The van der Waals surface area contributed by atoms with Crippen LogP contribution in [0.1, 0.15) is 30.4 Å². The lowest BCUT2D eigenvalue weighted by atomic mass is 9.97. The van der Waals surface area contributed by atoms with Crippen LogP contribution in [-0.4, -0.2) is 40.4 Å². The maximum atomic E-state index is 11.3. The first-order chi connectivity index (χ1) is 14.4. The smallest absolute Gasteiger partial charge is 0.336 e. The molecule has 2 aromatic heterocycles. The summed E-state index contributed by atoms with van der Waals surface area (Å²) in [6, 6.07) is 13.4. The van der Waals surface area contributed by atoms with Crippen molar-refractivity contribution in [2.24, 2.45) is 0 Å². The number of oxazole rings is 1. The van der Waals surface area contributed by atoms with E-state index in [0.29, 0.717) is 18.4 Å². The summed E-state index contributed by atoms with van der Waals surface area (Å²) in [6.45, 7) is 3.94. The summed E-state index contributed by atoms with van der Waals surface area (Å²) in [4.78, 5) is 20.2. The summed E-state index contributed by atoms with van der Waals surface area (Å²) < 4.78 is 16.6. The Bertz CT molecular complexity index is 969. The number of aromatic nitrogens is 2. The van der Waals surface area contributed by atoms with E-state index < -0.39 is 11.6 Å². The first kappa shape index (κ1) is 21.5. The van der Waals surface area contributed by atoms with Gasteiger partial charge >= 0.3 is 5.97 Å². The van der Waals surface area contributed by atoms with E-state index in [1.807, 2.05) is 37.3 Å². The molecule has 7 nitrogen and oxygen atoms in total. The first-order valence-electron chi connectivity index (χ1n) is 9.79. The van der Waals surface area contributed by atoms with E-state index >= 15 is 0 Å². The minimum atomic E-state index is -1.28. The number of methoxy groups -OCH3 is 1. The molecule has 3 aromatic rings. The molecule has 0 aliphatic rings. The molecule has 30 heavy (non-hydrogen) atoms. The third-order valence-corrected chi connectivity index (χ3v) is 4.96. The maximum absolute atomic E-state index is 11.3. The fraction of sp³-hybridized carbons (Fsp3) is 0.348. The highest BCUT2D eigenvalue weighted by Crippen LogP contribution is 2.22. The van der Waals surface area contributed by atoms with Gasteiger partial charge in [-0.1, -0.05) is 24.3 Å². The molecule has 0 saturated carbocycles. The van der Waals surface area contributed by atoms with E-state index in [0.717, 1.165) is 35.4 Å². The third kappa shape index (κ3) is 5.24. The van der Waals surface area contributed by atoms with Crippen molar-refractivity contribution in [1.29, 1.82) is 0 Å². The molecule has 0 aliphatic carbocycles. The largest absolute Gasteiger partial charge is 0.479 e. The summed E-state index contributed by atoms with van der Waals surface area (Å²) in [5.74, 6) is 0.931. The van der Waals surface area contributed by atoms with Gasteiger partial charge in [0.05, 0.1) is 12.3 Å². The van der Waals surface area contributed by atoms with Gasteiger partial charge in [0.25, 0.3) is 0 Å². The normalized spacial score (nSPS) is 13.0. The van der Waals surface area contributed by atoms with Crippen molar-refractivity contribution >= 4 is 5.97 Å². The summed E-state index contributed by atoms with van der Waals surface area (Å²) >= 11 is 0. The second-order valence-corrected chi connectivity index (χ2v) is 7.26. The average molecular weight is 410 g/mol. The van der Waals surface area contributed by atoms with Crippen LogP contribution in [-0.2, 0) is 22.4 Å². The Morgan fingerprint density at radius 3 is 2.60 bits per heavy atom. The highest BCUT2D eigenvalue weighted by Gasteiger charge is 2.33. The van der Waals surface area contributed by atoms with Crippen LogP contribution in [0.2, 0.25) is 0 Å². The maximum Gasteiger partial charge on any atom is 0.336 e. The van der Waals surface area contributed by atoms with Crippen LogP contribution >= 0.6 is 0 Å². The SMILES string of the molecule is COC(C)(Cc1ccc(OCCCc2nc(-c3ccccc3)oc2C)nc1)C(=O)O. The second kappa shape index (κ2) is 9.54. The number of rotatable bonds is 10. The zero-order chi connectivity index (χ0) is 21.6. The first-order valence-corrected chi connectivity index (χ1v) is 9.79. The summed E-state index contributed by atoms with van der Waals surface area (Å²) in [5, 5.41) is 9.29. The molecule has 0 saturated heterocycles. The van der Waals surface area contributed by atoms with Gasteiger partial charge in [0.2, 0.25) is 11.8 Å². The number of pyridine rings is 1. The summed E-state index contributed by atoms with van der Waals surface area (Å²) in [6.07, 6.45) is 3.35. The number of carboxylic acid groups (broad SMARTS) is 1. The monoisotopic (exact) mass is 410 g/mol. The molecular weight excluding hydrogens is 384 g/mol. The summed E-state index contributed by atoms with van der Waals surface area (Å²) in [7, 11) is 1.39. The van der Waals surface area contributed by atoms with Gasteiger partial charge in [-0.25, -0.2) is 14.8 Å². The van der Waals surface area contributed by atoms with Crippen molar-refractivity contribution in [1.82, 2.24) is 9.97 Å². The lowest BCUT2D eigenvalue weighted by Crippen LogP contribution is -2.39. The van der Waals surface area contributed by atoms with E-state index in [-0.39, 0.29) is 6.42 Å². The van der Waals surface area contributed by atoms with Crippen LogP contribution in [0.5, 0.6) is 5.88 Å². The molecule has 1 N–H and O–H groups in total. The molecule has 0 bridgehead atoms. The topological polar surface area (TPSA) is 94.7 Å². The Labute approximate surface area is 175 Å². The quantitative estimate of drug-likeness (QED) is 0.503. The molecule has 0 spiro atoms. The van der Waals surface area contributed by atoms with Crippen LogP contribution in [0, 0.1) is 6.92 Å². The standard InChI is InChI=1S/C23H26N2O5/c1-16-19(25-21(30-16)18-8-5-4-6-9-18)10-7-13-29-20-12-11-17(15-24-20)14-23(2,28-3)22(26)27/h4-6,8-9,11-12,15H,7,10,13-14H2,1-3H3,(H,26,27). The number of hydrogen-bond acceptors (Lipinski definition) is 6. The average Bonchev–Trinajstić information content (AvgIpc) is 3.13. The molecule has 0 fully saturated rings. The van der Waals surface area contributed by atoms with Crippen molar-refractivity contribution in [3.63, 3.8) is 0 Å². The van der Waals surface area contributed by atoms with Crippen LogP contribution in [0.15, 0.2) is 53.1 Å². The fourth-order valence-electron chi connectivity index (χ4n) is 3.01. The number of benzene rings is 1. The van der Waals surface area contributed by atoms with Crippen molar-refractivity contribution < 1.29 is 23.8 Å². The Kier molecular flexibility index (Phi) is 6.84. The minimum absolute atomic E-state index is 0.224. The number of nitrogens with zero attached hydrogens (tertiary/aromatic N) is 2. The molecule has 0 radical (unpaired) electrons. The second-order valence-electron chi connectivity index (χ2n) is 7.26. The molecule has 3 rings (SSSR count). The molecule has 0 amide bonds. The molecule has 0 aliphatic heterocycles. The number of carboxylic acids is 1. The van der Waals surface area contributed by atoms with E-state index in [2.05, 4.69) is 9.97 Å². The molecule has 1 aromatic carbocycles. The van der Waals surface area contributed by atoms with Crippen LogP contribution in [0.4, 0.5) is 0 Å². The predicted octanol–water partition coefficient (Wildman–Crippen LogP) is 4.09. The van der Waals surface area contributed by atoms with Gasteiger partial charge < -0.3 is 19.0 Å². The van der Waals surface area contributed by atoms with E-state index in [1.165, 1.54) is 14.0 Å². The highest BCUT2D eigenvalue weighted by atomic mass is 16.5. The third-order valence-electron chi connectivity index (χ3n) is 4.96.